The Bertz CT molecular complexity index is 623. The Kier molecular flexibility index (Phi) is 4.27. The SMILES string of the molecule is O=C(C1=CCCCC1)N1CC2(C[C@@H](Oc3ccccn3)CCO2)C1. The van der Waals surface area contributed by atoms with Gasteiger partial charge in [-0.25, -0.2) is 4.98 Å². The van der Waals surface area contributed by atoms with Gasteiger partial charge in [0.1, 0.15) is 11.7 Å². The first-order valence-corrected chi connectivity index (χ1v) is 8.94. The molecule has 2 fully saturated rings. The Hall–Kier alpha value is -1.88. The first-order valence-electron chi connectivity index (χ1n) is 8.94. The van der Waals surface area contributed by atoms with Crippen molar-refractivity contribution in [3.63, 3.8) is 0 Å². The lowest BCUT2D eigenvalue weighted by Gasteiger charge is -2.53. The van der Waals surface area contributed by atoms with Gasteiger partial charge in [-0.2, -0.15) is 0 Å². The summed E-state index contributed by atoms with van der Waals surface area (Å²) in [7, 11) is 0. The third kappa shape index (κ3) is 3.18. The van der Waals surface area contributed by atoms with Crippen LogP contribution in [-0.4, -0.2) is 47.2 Å². The molecule has 24 heavy (non-hydrogen) atoms. The first-order chi connectivity index (χ1) is 11.7. The summed E-state index contributed by atoms with van der Waals surface area (Å²) in [5, 5.41) is 0. The van der Waals surface area contributed by atoms with Gasteiger partial charge in [0.25, 0.3) is 0 Å². The Morgan fingerprint density at radius 2 is 2.25 bits per heavy atom. The van der Waals surface area contributed by atoms with Gasteiger partial charge in [-0.3, -0.25) is 4.79 Å². The molecule has 3 heterocycles. The summed E-state index contributed by atoms with van der Waals surface area (Å²) in [6.45, 7) is 2.05. The van der Waals surface area contributed by atoms with Crippen molar-refractivity contribution in [3.05, 3.63) is 36.0 Å². The zero-order valence-electron chi connectivity index (χ0n) is 13.9. The lowest BCUT2D eigenvalue weighted by Crippen LogP contribution is -2.67. The van der Waals surface area contributed by atoms with Crippen molar-refractivity contribution < 1.29 is 14.3 Å². The molecule has 5 heteroatoms. The molecule has 3 aliphatic rings. The summed E-state index contributed by atoms with van der Waals surface area (Å²) < 4.78 is 12.0. The molecule has 128 valence electrons. The Morgan fingerprint density at radius 3 is 3.00 bits per heavy atom. The molecule has 0 N–H and O–H groups in total. The molecule has 0 radical (unpaired) electrons. The van der Waals surface area contributed by atoms with Gasteiger partial charge in [-0.05, 0) is 31.7 Å². The second-order valence-corrected chi connectivity index (χ2v) is 7.07. The van der Waals surface area contributed by atoms with Crippen LogP contribution in [0.15, 0.2) is 36.0 Å². The lowest BCUT2D eigenvalue weighted by molar-refractivity contribution is -0.191. The molecule has 2 aliphatic heterocycles. The van der Waals surface area contributed by atoms with Crippen LogP contribution in [0.1, 0.15) is 38.5 Å². The predicted octanol–water partition coefficient (Wildman–Crippen LogP) is 2.72. The van der Waals surface area contributed by atoms with Crippen LogP contribution in [0.5, 0.6) is 5.88 Å². The maximum Gasteiger partial charge on any atom is 0.249 e. The van der Waals surface area contributed by atoms with Crippen LogP contribution in [-0.2, 0) is 9.53 Å². The second kappa shape index (κ2) is 6.55. The van der Waals surface area contributed by atoms with Gasteiger partial charge in [0.2, 0.25) is 11.8 Å². The van der Waals surface area contributed by atoms with Crippen LogP contribution in [0.2, 0.25) is 0 Å². The molecular formula is C19H24N2O3. The average Bonchev–Trinajstić information content (AvgIpc) is 2.61. The molecular weight excluding hydrogens is 304 g/mol. The van der Waals surface area contributed by atoms with Gasteiger partial charge in [0, 0.05) is 30.7 Å². The number of likely N-dealkylation sites (tertiary alicyclic amines) is 1. The smallest absolute Gasteiger partial charge is 0.249 e. The normalized spacial score (nSPS) is 25.8. The minimum atomic E-state index is -0.220. The summed E-state index contributed by atoms with van der Waals surface area (Å²) in [6.07, 6.45) is 9.97. The highest BCUT2D eigenvalue weighted by Crippen LogP contribution is 2.36. The highest BCUT2D eigenvalue weighted by atomic mass is 16.5. The van der Waals surface area contributed by atoms with Gasteiger partial charge in [-0.1, -0.05) is 12.1 Å². The fourth-order valence-corrected chi connectivity index (χ4v) is 3.92. The van der Waals surface area contributed by atoms with E-state index in [0.717, 1.165) is 37.7 Å². The van der Waals surface area contributed by atoms with Gasteiger partial charge >= 0.3 is 0 Å². The number of rotatable bonds is 3. The molecule has 0 unspecified atom stereocenters. The fraction of sp³-hybridized carbons (Fsp3) is 0.579. The van der Waals surface area contributed by atoms with E-state index >= 15 is 0 Å². The third-order valence-corrected chi connectivity index (χ3v) is 5.18. The molecule has 1 atom stereocenters. The first kappa shape index (κ1) is 15.6. The number of amides is 1. The molecule has 1 aromatic rings. The number of aromatic nitrogens is 1. The Balaban J connectivity index is 1.34. The number of hydrogen-bond donors (Lipinski definition) is 0. The number of hydrogen-bond acceptors (Lipinski definition) is 4. The molecule has 1 aromatic heterocycles. The number of pyridine rings is 1. The molecule has 5 nitrogen and oxygen atoms in total. The van der Waals surface area contributed by atoms with Crippen LogP contribution >= 0.6 is 0 Å². The number of carbonyl (C=O) groups excluding carboxylic acids is 1. The van der Waals surface area contributed by atoms with E-state index in [1.54, 1.807) is 6.20 Å². The van der Waals surface area contributed by atoms with Crippen LogP contribution < -0.4 is 4.74 Å². The van der Waals surface area contributed by atoms with E-state index in [1.165, 1.54) is 6.42 Å². The predicted molar refractivity (Wildman–Crippen MR) is 89.7 cm³/mol. The van der Waals surface area contributed by atoms with Gasteiger partial charge in [0.15, 0.2) is 0 Å². The van der Waals surface area contributed by atoms with Crippen LogP contribution in [0, 0.1) is 0 Å². The van der Waals surface area contributed by atoms with E-state index in [2.05, 4.69) is 11.1 Å². The summed E-state index contributed by atoms with van der Waals surface area (Å²) in [6, 6.07) is 5.70. The maximum atomic E-state index is 12.5. The van der Waals surface area contributed by atoms with Crippen molar-refractivity contribution in [3.8, 4) is 5.88 Å². The van der Waals surface area contributed by atoms with Gasteiger partial charge in [-0.15, -0.1) is 0 Å². The monoisotopic (exact) mass is 328 g/mol. The molecule has 4 rings (SSSR count). The maximum absolute atomic E-state index is 12.5. The second-order valence-electron chi connectivity index (χ2n) is 7.07. The number of carbonyl (C=O) groups is 1. The van der Waals surface area contributed by atoms with Gasteiger partial charge < -0.3 is 14.4 Å². The molecule has 0 aromatic carbocycles. The minimum Gasteiger partial charge on any atom is -0.474 e. The van der Waals surface area contributed by atoms with E-state index in [9.17, 15) is 4.79 Å². The van der Waals surface area contributed by atoms with Crippen LogP contribution in [0.25, 0.3) is 0 Å². The fourth-order valence-electron chi connectivity index (χ4n) is 3.92. The van der Waals surface area contributed by atoms with E-state index in [-0.39, 0.29) is 17.6 Å². The third-order valence-electron chi connectivity index (χ3n) is 5.18. The van der Waals surface area contributed by atoms with Crippen molar-refractivity contribution in [2.45, 2.75) is 50.2 Å². The van der Waals surface area contributed by atoms with E-state index in [0.29, 0.717) is 25.6 Å². The lowest BCUT2D eigenvalue weighted by atomic mass is 9.83. The van der Waals surface area contributed by atoms with E-state index in [4.69, 9.17) is 9.47 Å². The van der Waals surface area contributed by atoms with E-state index in [1.807, 2.05) is 23.1 Å². The molecule has 1 spiro atoms. The summed E-state index contributed by atoms with van der Waals surface area (Å²) in [5.41, 5.74) is 0.774. The van der Waals surface area contributed by atoms with Crippen LogP contribution in [0.4, 0.5) is 0 Å². The van der Waals surface area contributed by atoms with Crippen molar-refractivity contribution in [1.29, 1.82) is 0 Å². The van der Waals surface area contributed by atoms with Gasteiger partial charge in [0.05, 0.1) is 19.7 Å². The zero-order valence-corrected chi connectivity index (χ0v) is 13.9. The topological polar surface area (TPSA) is 51.7 Å². The summed E-state index contributed by atoms with van der Waals surface area (Å²) >= 11 is 0. The standard InChI is InChI=1S/C19H24N2O3/c22-18(15-6-2-1-3-7-15)21-13-19(14-21)12-16(9-11-23-19)24-17-8-4-5-10-20-17/h4-6,8,10,16H,1-3,7,9,11-14H2/t16-/m0/s1. The number of ether oxygens (including phenoxy) is 2. The Morgan fingerprint density at radius 1 is 1.33 bits per heavy atom. The van der Waals surface area contributed by atoms with Crippen molar-refractivity contribution in [2.24, 2.45) is 0 Å². The molecule has 1 amide bonds. The molecule has 0 saturated carbocycles. The largest absolute Gasteiger partial charge is 0.474 e. The van der Waals surface area contributed by atoms with Crippen molar-refractivity contribution in [1.82, 2.24) is 9.88 Å². The number of nitrogens with zero attached hydrogens (tertiary/aromatic N) is 2. The Labute approximate surface area is 142 Å². The van der Waals surface area contributed by atoms with Crippen LogP contribution in [0.3, 0.4) is 0 Å². The number of allylic oxidation sites excluding steroid dienone is 1. The quantitative estimate of drug-likeness (QED) is 0.856. The molecule has 1 aliphatic carbocycles. The van der Waals surface area contributed by atoms with Crippen molar-refractivity contribution >= 4 is 5.91 Å². The summed E-state index contributed by atoms with van der Waals surface area (Å²) in [4.78, 5) is 18.7. The average molecular weight is 328 g/mol. The molecule has 2 saturated heterocycles. The van der Waals surface area contributed by atoms with Crippen molar-refractivity contribution in [2.75, 3.05) is 19.7 Å². The zero-order chi connectivity index (χ0) is 16.4. The summed E-state index contributed by atoms with van der Waals surface area (Å²) in [5.74, 6) is 0.871. The minimum absolute atomic E-state index is 0.111. The van der Waals surface area contributed by atoms with E-state index < -0.39 is 0 Å². The highest BCUT2D eigenvalue weighted by molar-refractivity contribution is 5.94. The molecule has 0 bridgehead atoms. The highest BCUT2D eigenvalue weighted by Gasteiger charge is 2.50.